The molecule has 1 aliphatic heterocycles. The van der Waals surface area contributed by atoms with Crippen LogP contribution in [0.5, 0.6) is 5.75 Å². The van der Waals surface area contributed by atoms with Gasteiger partial charge in [-0.15, -0.1) is 0 Å². The van der Waals surface area contributed by atoms with E-state index in [4.69, 9.17) is 4.74 Å². The van der Waals surface area contributed by atoms with Gasteiger partial charge in [-0.25, -0.2) is 0 Å². The van der Waals surface area contributed by atoms with Crippen molar-refractivity contribution in [1.82, 2.24) is 9.80 Å². The lowest BCUT2D eigenvalue weighted by Gasteiger charge is -2.32. The van der Waals surface area contributed by atoms with Crippen molar-refractivity contribution in [3.05, 3.63) is 29.8 Å². The fraction of sp³-hybridized carbons (Fsp3) is 0.647. The number of benzene rings is 1. The zero-order valence-corrected chi connectivity index (χ0v) is 13.1. The predicted molar refractivity (Wildman–Crippen MR) is 84.6 cm³/mol. The van der Waals surface area contributed by atoms with Crippen LogP contribution in [0.3, 0.4) is 0 Å². The summed E-state index contributed by atoms with van der Waals surface area (Å²) in [7, 11) is 2.19. The standard InChI is InChI=1S/C17H28N2O/c1-4-15(2)16-5-7-17(8-6-16)20-14-13-19-11-9-18(3)10-12-19/h5-8,15H,4,9-14H2,1-3H3. The fourth-order valence-corrected chi connectivity index (χ4v) is 2.49. The van der Waals surface area contributed by atoms with Gasteiger partial charge < -0.3 is 9.64 Å². The van der Waals surface area contributed by atoms with Gasteiger partial charge in [0.15, 0.2) is 0 Å². The lowest BCUT2D eigenvalue weighted by Crippen LogP contribution is -2.45. The fourth-order valence-electron chi connectivity index (χ4n) is 2.49. The van der Waals surface area contributed by atoms with Crippen molar-refractivity contribution < 1.29 is 4.74 Å². The molecule has 1 heterocycles. The van der Waals surface area contributed by atoms with Crippen molar-refractivity contribution in [1.29, 1.82) is 0 Å². The molecule has 0 radical (unpaired) electrons. The minimum Gasteiger partial charge on any atom is -0.492 e. The van der Waals surface area contributed by atoms with E-state index in [0.29, 0.717) is 5.92 Å². The van der Waals surface area contributed by atoms with E-state index in [1.807, 2.05) is 0 Å². The molecule has 0 saturated carbocycles. The minimum atomic E-state index is 0.634. The second-order valence-corrected chi connectivity index (χ2v) is 5.87. The van der Waals surface area contributed by atoms with Gasteiger partial charge >= 0.3 is 0 Å². The molecule has 2 rings (SSSR count). The largest absolute Gasteiger partial charge is 0.492 e. The van der Waals surface area contributed by atoms with Crippen molar-refractivity contribution in [3.63, 3.8) is 0 Å². The predicted octanol–water partition coefficient (Wildman–Crippen LogP) is 2.83. The van der Waals surface area contributed by atoms with Gasteiger partial charge in [0.1, 0.15) is 12.4 Å². The molecule has 1 saturated heterocycles. The maximum atomic E-state index is 5.85. The number of nitrogens with zero attached hydrogens (tertiary/aromatic N) is 2. The summed E-state index contributed by atoms with van der Waals surface area (Å²) in [4.78, 5) is 4.86. The van der Waals surface area contributed by atoms with E-state index in [2.05, 4.69) is 55.0 Å². The van der Waals surface area contributed by atoms with Crippen LogP contribution in [0.25, 0.3) is 0 Å². The highest BCUT2D eigenvalue weighted by molar-refractivity contribution is 5.29. The van der Waals surface area contributed by atoms with Gasteiger partial charge in [0.25, 0.3) is 0 Å². The van der Waals surface area contributed by atoms with E-state index in [1.165, 1.54) is 25.1 Å². The SMILES string of the molecule is CCC(C)c1ccc(OCCN2CCN(C)CC2)cc1. The Bertz CT molecular complexity index is 382. The van der Waals surface area contributed by atoms with E-state index in [9.17, 15) is 0 Å². The average molecular weight is 276 g/mol. The topological polar surface area (TPSA) is 15.7 Å². The zero-order chi connectivity index (χ0) is 14.4. The van der Waals surface area contributed by atoms with Crippen LogP contribution in [0.15, 0.2) is 24.3 Å². The summed E-state index contributed by atoms with van der Waals surface area (Å²) in [5, 5.41) is 0. The average Bonchev–Trinajstić information content (AvgIpc) is 2.49. The van der Waals surface area contributed by atoms with E-state index in [1.54, 1.807) is 0 Å². The second-order valence-electron chi connectivity index (χ2n) is 5.87. The summed E-state index contributed by atoms with van der Waals surface area (Å²) in [6.45, 7) is 11.0. The third-order valence-electron chi connectivity index (χ3n) is 4.33. The molecule has 1 aliphatic rings. The summed E-state index contributed by atoms with van der Waals surface area (Å²) >= 11 is 0. The molecule has 112 valence electrons. The van der Waals surface area contributed by atoms with Crippen LogP contribution in [0.1, 0.15) is 31.7 Å². The molecule has 1 fully saturated rings. The molecule has 0 N–H and O–H groups in total. The monoisotopic (exact) mass is 276 g/mol. The molecule has 0 amide bonds. The highest BCUT2D eigenvalue weighted by Gasteiger charge is 2.13. The smallest absolute Gasteiger partial charge is 0.119 e. The van der Waals surface area contributed by atoms with Gasteiger partial charge in [0, 0.05) is 32.7 Å². The first kappa shape index (κ1) is 15.3. The molecule has 3 nitrogen and oxygen atoms in total. The van der Waals surface area contributed by atoms with Crippen molar-refractivity contribution >= 4 is 0 Å². The Labute approximate surface area is 123 Å². The van der Waals surface area contributed by atoms with E-state index >= 15 is 0 Å². The second kappa shape index (κ2) is 7.65. The first-order valence-corrected chi connectivity index (χ1v) is 7.82. The van der Waals surface area contributed by atoms with Crippen LogP contribution in [0.4, 0.5) is 0 Å². The molecule has 0 aliphatic carbocycles. The maximum absolute atomic E-state index is 5.85. The van der Waals surface area contributed by atoms with Gasteiger partial charge in [-0.1, -0.05) is 26.0 Å². The summed E-state index contributed by atoms with van der Waals surface area (Å²) < 4.78 is 5.85. The molecule has 1 aromatic carbocycles. The normalized spacial score (nSPS) is 18.9. The molecule has 0 spiro atoms. The molecule has 1 unspecified atom stereocenters. The Morgan fingerprint density at radius 1 is 1.10 bits per heavy atom. The van der Waals surface area contributed by atoms with E-state index in [-0.39, 0.29) is 0 Å². The van der Waals surface area contributed by atoms with Crippen molar-refractivity contribution in [2.24, 2.45) is 0 Å². The lowest BCUT2D eigenvalue weighted by atomic mass is 9.99. The van der Waals surface area contributed by atoms with Gasteiger partial charge in [0.05, 0.1) is 0 Å². The van der Waals surface area contributed by atoms with Crippen molar-refractivity contribution in [3.8, 4) is 5.75 Å². The Kier molecular flexibility index (Phi) is 5.86. The molecule has 3 heteroatoms. The molecule has 20 heavy (non-hydrogen) atoms. The van der Waals surface area contributed by atoms with Crippen LogP contribution in [0, 0.1) is 0 Å². The van der Waals surface area contributed by atoms with Gasteiger partial charge in [0.2, 0.25) is 0 Å². The third kappa shape index (κ3) is 4.50. The van der Waals surface area contributed by atoms with E-state index < -0.39 is 0 Å². The Balaban J connectivity index is 1.71. The number of ether oxygens (including phenoxy) is 1. The molecule has 1 atom stereocenters. The summed E-state index contributed by atoms with van der Waals surface area (Å²) in [6.07, 6.45) is 1.18. The van der Waals surface area contributed by atoms with Crippen molar-refractivity contribution in [2.75, 3.05) is 46.4 Å². The maximum Gasteiger partial charge on any atom is 0.119 e. The van der Waals surface area contributed by atoms with Crippen LogP contribution in [-0.2, 0) is 0 Å². The van der Waals surface area contributed by atoms with Gasteiger partial charge in [-0.05, 0) is 37.1 Å². The number of hydrogen-bond acceptors (Lipinski definition) is 3. The number of hydrogen-bond donors (Lipinski definition) is 0. The summed E-state index contributed by atoms with van der Waals surface area (Å²) in [6, 6.07) is 8.59. The quantitative estimate of drug-likeness (QED) is 0.794. The van der Waals surface area contributed by atoms with Gasteiger partial charge in [-0.2, -0.15) is 0 Å². The molecule has 0 aromatic heterocycles. The van der Waals surface area contributed by atoms with Crippen LogP contribution < -0.4 is 4.74 Å². The van der Waals surface area contributed by atoms with Crippen LogP contribution in [-0.4, -0.2) is 56.2 Å². The molecular formula is C17H28N2O. The third-order valence-corrected chi connectivity index (χ3v) is 4.33. The van der Waals surface area contributed by atoms with Crippen LogP contribution >= 0.6 is 0 Å². The zero-order valence-electron chi connectivity index (χ0n) is 13.1. The Hall–Kier alpha value is -1.06. The summed E-state index contributed by atoms with van der Waals surface area (Å²) in [5.74, 6) is 1.63. The van der Waals surface area contributed by atoms with E-state index in [0.717, 1.165) is 32.0 Å². The molecular weight excluding hydrogens is 248 g/mol. The lowest BCUT2D eigenvalue weighted by molar-refractivity contribution is 0.133. The first-order chi connectivity index (χ1) is 9.69. The molecule has 0 bridgehead atoms. The minimum absolute atomic E-state index is 0.634. The van der Waals surface area contributed by atoms with Crippen LogP contribution in [0.2, 0.25) is 0 Å². The Morgan fingerprint density at radius 3 is 2.35 bits per heavy atom. The molecule has 1 aromatic rings. The van der Waals surface area contributed by atoms with Crippen molar-refractivity contribution in [2.45, 2.75) is 26.2 Å². The highest BCUT2D eigenvalue weighted by atomic mass is 16.5. The van der Waals surface area contributed by atoms with Gasteiger partial charge in [-0.3, -0.25) is 4.90 Å². The number of likely N-dealkylation sites (N-methyl/N-ethyl adjacent to an activating group) is 1. The highest BCUT2D eigenvalue weighted by Crippen LogP contribution is 2.21. The summed E-state index contributed by atoms with van der Waals surface area (Å²) in [5.41, 5.74) is 1.40. The number of piperazine rings is 1. The number of rotatable bonds is 6. The first-order valence-electron chi connectivity index (χ1n) is 7.82. The Morgan fingerprint density at radius 2 is 1.75 bits per heavy atom.